The number of ether oxygens (including phenoxy) is 2. The van der Waals surface area contributed by atoms with Gasteiger partial charge in [0.15, 0.2) is 0 Å². The zero-order valence-corrected chi connectivity index (χ0v) is 18.2. The molecule has 3 N–H and O–H groups in total. The lowest BCUT2D eigenvalue weighted by Crippen LogP contribution is -2.32. The van der Waals surface area contributed by atoms with Crippen LogP contribution in [0.1, 0.15) is 23.3 Å². The molecule has 160 valence electrons. The van der Waals surface area contributed by atoms with Crippen molar-refractivity contribution in [1.82, 2.24) is 15.3 Å². The highest BCUT2D eigenvalue weighted by Gasteiger charge is 2.22. The molecule has 2 aliphatic rings. The molecule has 2 aromatic heterocycles. The number of thiophene rings is 1. The summed E-state index contributed by atoms with van der Waals surface area (Å²) < 4.78 is 12.4. The molecule has 1 fully saturated rings. The van der Waals surface area contributed by atoms with E-state index >= 15 is 0 Å². The second-order valence-corrected chi connectivity index (χ2v) is 9.01. The van der Waals surface area contributed by atoms with Gasteiger partial charge in [-0.05, 0) is 25.3 Å². The van der Waals surface area contributed by atoms with Crippen molar-refractivity contribution in [2.45, 2.75) is 32.2 Å². The number of allylic oxidation sites excluding steroid dienone is 1. The predicted octanol–water partition coefficient (Wildman–Crippen LogP) is 4.27. The normalized spacial score (nSPS) is 16.7. The molecule has 31 heavy (non-hydrogen) atoms. The van der Waals surface area contributed by atoms with Gasteiger partial charge in [0.25, 0.3) is 0 Å². The molecule has 5 rings (SSSR count). The maximum Gasteiger partial charge on any atom is 0.227 e. The van der Waals surface area contributed by atoms with Crippen LogP contribution < -0.4 is 15.4 Å². The average molecular weight is 436 g/mol. The molecule has 3 aromatic rings. The fraction of sp³-hybridized carbons (Fsp3) is 0.348. The van der Waals surface area contributed by atoms with E-state index < -0.39 is 0 Å². The highest BCUT2D eigenvalue weighted by atomic mass is 32.1. The first-order valence-corrected chi connectivity index (χ1v) is 11.4. The summed E-state index contributed by atoms with van der Waals surface area (Å²) >= 11 is 1.69. The second kappa shape index (κ2) is 8.64. The number of rotatable bonds is 6. The van der Waals surface area contributed by atoms with Crippen molar-refractivity contribution in [2.24, 2.45) is 0 Å². The molecular formula is C23H25N5O2S. The van der Waals surface area contributed by atoms with Crippen LogP contribution in [0.2, 0.25) is 0 Å². The SMILES string of the molecule is Cc1sc2cnc(N/C(C=N)=C/NC3CCOCC3)nc2c1-c1cccc2c1OCC2. The van der Waals surface area contributed by atoms with Gasteiger partial charge in [-0.1, -0.05) is 18.2 Å². The number of benzene rings is 1. The van der Waals surface area contributed by atoms with Crippen LogP contribution in [0.5, 0.6) is 5.75 Å². The smallest absolute Gasteiger partial charge is 0.227 e. The van der Waals surface area contributed by atoms with Gasteiger partial charge in [-0.3, -0.25) is 0 Å². The van der Waals surface area contributed by atoms with E-state index in [1.807, 2.05) is 12.4 Å². The summed E-state index contributed by atoms with van der Waals surface area (Å²) in [5, 5.41) is 14.3. The van der Waals surface area contributed by atoms with E-state index in [2.05, 4.69) is 40.7 Å². The van der Waals surface area contributed by atoms with Crippen LogP contribution >= 0.6 is 11.3 Å². The lowest BCUT2D eigenvalue weighted by Gasteiger charge is -2.22. The third-order valence-electron chi connectivity index (χ3n) is 5.70. The number of nitrogens with zero attached hydrogens (tertiary/aromatic N) is 2. The third kappa shape index (κ3) is 4.00. The molecule has 8 heteroatoms. The Morgan fingerprint density at radius 1 is 1.26 bits per heavy atom. The number of aromatic nitrogens is 2. The number of aryl methyl sites for hydroxylation is 1. The summed E-state index contributed by atoms with van der Waals surface area (Å²) in [5.41, 5.74) is 4.96. The first-order valence-electron chi connectivity index (χ1n) is 10.6. The van der Waals surface area contributed by atoms with E-state index in [0.717, 1.165) is 66.2 Å². The molecule has 0 saturated carbocycles. The maximum atomic E-state index is 7.76. The predicted molar refractivity (Wildman–Crippen MR) is 124 cm³/mol. The molecule has 4 heterocycles. The highest BCUT2D eigenvalue weighted by molar-refractivity contribution is 7.19. The summed E-state index contributed by atoms with van der Waals surface area (Å²) in [4.78, 5) is 10.5. The first-order chi connectivity index (χ1) is 15.2. The standard InChI is InChI=1S/C23H25N5O2S/c1-14-20(18-4-2-3-15-5-10-30-22(15)18)21-19(31-14)13-26-23(28-21)27-17(11-24)12-25-16-6-8-29-9-7-16/h2-4,11-13,16,24-25H,5-10H2,1H3,(H,26,27,28)/b17-12+,24-11?. The Labute approximate surface area is 185 Å². The molecule has 0 radical (unpaired) electrons. The second-order valence-electron chi connectivity index (χ2n) is 7.75. The van der Waals surface area contributed by atoms with Gasteiger partial charge in [-0.2, -0.15) is 0 Å². The highest BCUT2D eigenvalue weighted by Crippen LogP contribution is 2.44. The van der Waals surface area contributed by atoms with Crippen molar-refractivity contribution in [1.29, 1.82) is 5.41 Å². The van der Waals surface area contributed by atoms with Crippen LogP contribution in [0.3, 0.4) is 0 Å². The van der Waals surface area contributed by atoms with Crippen LogP contribution in [0.25, 0.3) is 21.3 Å². The molecule has 0 bridgehead atoms. The Morgan fingerprint density at radius 2 is 2.13 bits per heavy atom. The Morgan fingerprint density at radius 3 is 2.97 bits per heavy atom. The Kier molecular flexibility index (Phi) is 5.57. The molecule has 0 unspecified atom stereocenters. The monoisotopic (exact) mass is 435 g/mol. The Bertz CT molecular complexity index is 1150. The van der Waals surface area contributed by atoms with Gasteiger partial charge in [-0.15, -0.1) is 11.3 Å². The molecule has 7 nitrogen and oxygen atoms in total. The van der Waals surface area contributed by atoms with E-state index in [9.17, 15) is 0 Å². The molecule has 1 aromatic carbocycles. The quantitative estimate of drug-likeness (QED) is 0.501. The molecule has 0 atom stereocenters. The summed E-state index contributed by atoms with van der Waals surface area (Å²) in [6.45, 7) is 4.38. The lowest BCUT2D eigenvalue weighted by molar-refractivity contribution is 0.0812. The fourth-order valence-electron chi connectivity index (χ4n) is 4.11. The number of hydrogen-bond donors (Lipinski definition) is 3. The Hall–Kier alpha value is -2.97. The third-order valence-corrected chi connectivity index (χ3v) is 6.73. The van der Waals surface area contributed by atoms with Gasteiger partial charge in [0.2, 0.25) is 5.95 Å². The molecule has 2 aliphatic heterocycles. The molecular weight excluding hydrogens is 410 g/mol. The Balaban J connectivity index is 1.45. The number of para-hydroxylation sites is 1. The minimum absolute atomic E-state index is 0.361. The maximum absolute atomic E-state index is 7.76. The average Bonchev–Trinajstić information content (AvgIpc) is 3.40. The zero-order chi connectivity index (χ0) is 21.2. The van der Waals surface area contributed by atoms with E-state index in [1.54, 1.807) is 11.3 Å². The fourth-order valence-corrected chi connectivity index (χ4v) is 5.10. The van der Waals surface area contributed by atoms with E-state index in [4.69, 9.17) is 19.9 Å². The van der Waals surface area contributed by atoms with Crippen LogP contribution in [-0.2, 0) is 11.2 Å². The van der Waals surface area contributed by atoms with E-state index in [1.165, 1.54) is 16.7 Å². The summed E-state index contributed by atoms with van der Waals surface area (Å²) in [6.07, 6.45) is 7.82. The largest absolute Gasteiger partial charge is 0.492 e. The number of fused-ring (bicyclic) bond motifs is 2. The minimum Gasteiger partial charge on any atom is -0.492 e. The van der Waals surface area contributed by atoms with Gasteiger partial charge in [0, 0.05) is 54.1 Å². The van der Waals surface area contributed by atoms with Crippen molar-refractivity contribution in [3.8, 4) is 16.9 Å². The van der Waals surface area contributed by atoms with Gasteiger partial charge in [0.05, 0.1) is 28.7 Å². The number of hydrogen-bond acceptors (Lipinski definition) is 8. The molecule has 0 amide bonds. The van der Waals surface area contributed by atoms with Gasteiger partial charge < -0.3 is 25.5 Å². The minimum atomic E-state index is 0.361. The van der Waals surface area contributed by atoms with E-state index in [0.29, 0.717) is 17.7 Å². The van der Waals surface area contributed by atoms with Crippen LogP contribution in [0.15, 0.2) is 36.3 Å². The topological polar surface area (TPSA) is 92.2 Å². The zero-order valence-electron chi connectivity index (χ0n) is 17.4. The lowest BCUT2D eigenvalue weighted by atomic mass is 10.0. The van der Waals surface area contributed by atoms with Gasteiger partial charge >= 0.3 is 0 Å². The van der Waals surface area contributed by atoms with Crippen LogP contribution in [0.4, 0.5) is 5.95 Å². The summed E-state index contributed by atoms with van der Waals surface area (Å²) in [6, 6.07) is 6.68. The summed E-state index contributed by atoms with van der Waals surface area (Å²) in [7, 11) is 0. The number of nitrogens with one attached hydrogen (secondary N) is 3. The van der Waals surface area contributed by atoms with Gasteiger partial charge in [0.1, 0.15) is 5.75 Å². The number of anilines is 1. The van der Waals surface area contributed by atoms with Gasteiger partial charge in [-0.25, -0.2) is 9.97 Å². The molecule has 1 saturated heterocycles. The van der Waals surface area contributed by atoms with Crippen molar-refractivity contribution in [3.63, 3.8) is 0 Å². The summed E-state index contributed by atoms with van der Waals surface area (Å²) in [5.74, 6) is 1.45. The van der Waals surface area contributed by atoms with Crippen molar-refractivity contribution in [3.05, 3.63) is 46.7 Å². The molecule has 0 aliphatic carbocycles. The van der Waals surface area contributed by atoms with Crippen LogP contribution in [0, 0.1) is 12.3 Å². The van der Waals surface area contributed by atoms with Crippen molar-refractivity contribution in [2.75, 3.05) is 25.1 Å². The van der Waals surface area contributed by atoms with Crippen molar-refractivity contribution < 1.29 is 9.47 Å². The van der Waals surface area contributed by atoms with E-state index in [-0.39, 0.29) is 0 Å². The molecule has 0 spiro atoms. The van der Waals surface area contributed by atoms with Crippen molar-refractivity contribution >= 4 is 33.7 Å². The van der Waals surface area contributed by atoms with Crippen LogP contribution in [-0.4, -0.2) is 42.0 Å². The first kappa shape index (κ1) is 20.0.